The fourth-order valence-corrected chi connectivity index (χ4v) is 5.12. The largest absolute Gasteiger partial charge is 0.473 e. The predicted molar refractivity (Wildman–Crippen MR) is 114 cm³/mol. The molecule has 1 aliphatic carbocycles. The number of fused-ring (bicyclic) bond motifs is 1. The lowest BCUT2D eigenvalue weighted by molar-refractivity contribution is -0.143. The molecular weight excluding hydrogens is 438 g/mol. The van der Waals surface area contributed by atoms with Gasteiger partial charge in [-0.25, -0.2) is 18.2 Å². The van der Waals surface area contributed by atoms with E-state index in [0.717, 1.165) is 0 Å². The van der Waals surface area contributed by atoms with Crippen molar-refractivity contribution < 1.29 is 32.2 Å². The molecule has 3 atom stereocenters. The van der Waals surface area contributed by atoms with Crippen LogP contribution in [0, 0.1) is 17.8 Å². The molecule has 10 nitrogen and oxygen atoms in total. The number of esters is 1. The number of ether oxygens (including phenoxy) is 3. The van der Waals surface area contributed by atoms with Crippen LogP contribution in [0.2, 0.25) is 0 Å². The van der Waals surface area contributed by atoms with Gasteiger partial charge in [0.15, 0.2) is 0 Å². The van der Waals surface area contributed by atoms with Gasteiger partial charge in [0.2, 0.25) is 15.9 Å². The number of nitrogens with zero attached hydrogens (tertiary/aromatic N) is 2. The molecule has 1 amide bonds. The fraction of sp³-hybridized carbons (Fsp3) is 0.571. The molecule has 1 N–H and O–H groups in total. The van der Waals surface area contributed by atoms with Gasteiger partial charge in [0.25, 0.3) is 0 Å². The van der Waals surface area contributed by atoms with Gasteiger partial charge in [-0.2, -0.15) is 4.31 Å². The highest BCUT2D eigenvalue weighted by atomic mass is 32.2. The number of carbonyl (C=O) groups is 2. The predicted octanol–water partition coefficient (Wildman–Crippen LogP) is 1.58. The number of hydrogen-bond donors (Lipinski definition) is 1. The highest BCUT2D eigenvalue weighted by molar-refractivity contribution is 7.89. The molecule has 0 bridgehead atoms. The molecule has 0 aromatic carbocycles. The quantitative estimate of drug-likeness (QED) is 0.451. The monoisotopic (exact) mass is 467 g/mol. The van der Waals surface area contributed by atoms with Crippen LogP contribution in [0.1, 0.15) is 20.8 Å². The fourth-order valence-electron chi connectivity index (χ4n) is 3.66. The van der Waals surface area contributed by atoms with Crippen LogP contribution in [-0.4, -0.2) is 68.7 Å². The molecule has 1 aliphatic heterocycles. The first-order valence-corrected chi connectivity index (χ1v) is 11.7. The van der Waals surface area contributed by atoms with E-state index in [9.17, 15) is 18.0 Å². The van der Waals surface area contributed by atoms with Crippen LogP contribution in [0.15, 0.2) is 35.4 Å². The van der Waals surface area contributed by atoms with E-state index in [0.29, 0.717) is 18.7 Å². The maximum Gasteiger partial charge on any atom is 0.407 e. The SMILES string of the molecule is C=C(CNC(=O)OC(C)(C)C)COc1ccc(S(=O)(=O)N2C[C@@H]3C(C(=O)OC)[C@@H]3C2)cn1. The number of methoxy groups -OCH3 is 1. The molecule has 0 spiro atoms. The van der Waals surface area contributed by atoms with Crippen LogP contribution in [0.3, 0.4) is 0 Å². The van der Waals surface area contributed by atoms with Gasteiger partial charge in [0, 0.05) is 25.7 Å². The van der Waals surface area contributed by atoms with E-state index in [1.54, 1.807) is 20.8 Å². The molecule has 176 valence electrons. The summed E-state index contributed by atoms with van der Waals surface area (Å²) in [5, 5.41) is 2.58. The number of hydrogen-bond acceptors (Lipinski definition) is 8. The molecule has 1 unspecified atom stereocenters. The van der Waals surface area contributed by atoms with E-state index in [-0.39, 0.29) is 47.7 Å². The number of alkyl carbamates (subject to hydrolysis) is 1. The van der Waals surface area contributed by atoms with Crippen molar-refractivity contribution in [2.45, 2.75) is 31.3 Å². The number of sulfonamides is 1. The molecule has 1 aromatic heterocycles. The lowest BCUT2D eigenvalue weighted by Gasteiger charge is -2.20. The Hall–Kier alpha value is -2.66. The Kier molecular flexibility index (Phi) is 6.80. The Morgan fingerprint density at radius 2 is 1.91 bits per heavy atom. The van der Waals surface area contributed by atoms with Crippen molar-refractivity contribution in [3.05, 3.63) is 30.5 Å². The first kappa shape index (κ1) is 24.0. The van der Waals surface area contributed by atoms with Gasteiger partial charge >= 0.3 is 12.1 Å². The number of aromatic nitrogens is 1. The van der Waals surface area contributed by atoms with E-state index in [1.165, 1.54) is 29.7 Å². The Morgan fingerprint density at radius 3 is 2.44 bits per heavy atom. The minimum absolute atomic E-state index is 0.0214. The van der Waals surface area contributed by atoms with Crippen molar-refractivity contribution in [3.63, 3.8) is 0 Å². The van der Waals surface area contributed by atoms with Crippen molar-refractivity contribution in [3.8, 4) is 5.88 Å². The molecule has 32 heavy (non-hydrogen) atoms. The second-order valence-corrected chi connectivity index (χ2v) is 10.9. The minimum Gasteiger partial charge on any atom is -0.473 e. The van der Waals surface area contributed by atoms with Gasteiger partial charge in [-0.05, 0) is 44.2 Å². The number of nitrogens with one attached hydrogen (secondary N) is 1. The first-order chi connectivity index (χ1) is 14.9. The highest BCUT2D eigenvalue weighted by Gasteiger charge is 2.62. The van der Waals surface area contributed by atoms with E-state index >= 15 is 0 Å². The molecule has 1 saturated carbocycles. The zero-order valence-corrected chi connectivity index (χ0v) is 19.5. The van der Waals surface area contributed by atoms with Crippen molar-refractivity contribution in [2.24, 2.45) is 17.8 Å². The summed E-state index contributed by atoms with van der Waals surface area (Å²) in [4.78, 5) is 27.4. The van der Waals surface area contributed by atoms with Gasteiger partial charge in [-0.1, -0.05) is 6.58 Å². The third-order valence-electron chi connectivity index (χ3n) is 5.29. The van der Waals surface area contributed by atoms with Crippen LogP contribution in [0.5, 0.6) is 5.88 Å². The van der Waals surface area contributed by atoms with Crippen LogP contribution in [0.4, 0.5) is 4.79 Å². The summed E-state index contributed by atoms with van der Waals surface area (Å²) >= 11 is 0. The topological polar surface area (TPSA) is 124 Å². The van der Waals surface area contributed by atoms with E-state index < -0.39 is 21.7 Å². The second kappa shape index (κ2) is 9.07. The van der Waals surface area contributed by atoms with Gasteiger partial charge in [-0.15, -0.1) is 0 Å². The average molecular weight is 468 g/mol. The molecule has 3 rings (SSSR count). The molecule has 0 radical (unpaired) electrons. The van der Waals surface area contributed by atoms with Crippen molar-refractivity contribution in [2.75, 3.05) is 33.4 Å². The molecule has 2 fully saturated rings. The second-order valence-electron chi connectivity index (χ2n) is 8.92. The lowest BCUT2D eigenvalue weighted by Crippen LogP contribution is -2.34. The highest BCUT2D eigenvalue weighted by Crippen LogP contribution is 2.53. The number of rotatable bonds is 8. The summed E-state index contributed by atoms with van der Waals surface area (Å²) in [6.07, 6.45) is 0.692. The lowest BCUT2D eigenvalue weighted by atomic mass is 10.2. The average Bonchev–Trinajstić information content (AvgIpc) is 3.21. The van der Waals surface area contributed by atoms with Crippen LogP contribution in [0.25, 0.3) is 0 Å². The van der Waals surface area contributed by atoms with E-state index in [1.807, 2.05) is 0 Å². The number of carbonyl (C=O) groups excluding carboxylic acids is 2. The van der Waals surface area contributed by atoms with Crippen LogP contribution < -0.4 is 10.1 Å². The Balaban J connectivity index is 1.46. The summed E-state index contributed by atoms with van der Waals surface area (Å²) in [6, 6.07) is 2.90. The third kappa shape index (κ3) is 5.57. The van der Waals surface area contributed by atoms with Crippen LogP contribution >= 0.6 is 0 Å². The maximum absolute atomic E-state index is 12.8. The van der Waals surface area contributed by atoms with Crippen molar-refractivity contribution >= 4 is 22.1 Å². The van der Waals surface area contributed by atoms with E-state index in [2.05, 4.69) is 16.9 Å². The van der Waals surface area contributed by atoms with Crippen molar-refractivity contribution in [1.82, 2.24) is 14.6 Å². The number of amides is 1. The summed E-state index contributed by atoms with van der Waals surface area (Å²) in [5.41, 5.74) is -0.00208. The number of pyridine rings is 1. The zero-order chi connectivity index (χ0) is 23.7. The number of piperidine rings is 1. The smallest absolute Gasteiger partial charge is 0.407 e. The normalized spacial score (nSPS) is 22.6. The van der Waals surface area contributed by atoms with Gasteiger partial charge in [0.05, 0.1) is 19.2 Å². The first-order valence-electron chi connectivity index (χ1n) is 10.2. The van der Waals surface area contributed by atoms with Crippen molar-refractivity contribution in [1.29, 1.82) is 0 Å². The van der Waals surface area contributed by atoms with Gasteiger partial charge < -0.3 is 19.5 Å². The van der Waals surface area contributed by atoms with E-state index in [4.69, 9.17) is 14.2 Å². The molecular formula is C21H29N3O7S. The standard InChI is InChI=1S/C21H29N3O7S/c1-13(8-23-20(26)31-21(2,3)4)12-30-17-7-6-14(9-22-17)32(27,28)24-10-15-16(11-24)18(15)19(25)29-5/h6-7,9,15-16,18H,1,8,10-12H2,2-5H3,(H,23,26)/t15-,16+,18?. The Labute approximate surface area is 188 Å². The summed E-state index contributed by atoms with van der Waals surface area (Å²) in [7, 11) is -2.35. The zero-order valence-electron chi connectivity index (χ0n) is 18.7. The summed E-state index contributed by atoms with van der Waals surface area (Å²) in [5.74, 6) is -0.195. The minimum atomic E-state index is -3.69. The van der Waals surface area contributed by atoms with Gasteiger partial charge in [0.1, 0.15) is 17.1 Å². The Bertz CT molecular complexity index is 974. The van der Waals surface area contributed by atoms with Gasteiger partial charge in [-0.3, -0.25) is 4.79 Å². The molecule has 1 saturated heterocycles. The molecule has 2 heterocycles. The third-order valence-corrected chi connectivity index (χ3v) is 7.10. The maximum atomic E-state index is 12.8. The molecule has 11 heteroatoms. The molecule has 1 aromatic rings. The summed E-state index contributed by atoms with van der Waals surface area (Å²) in [6.45, 7) is 10.0. The molecule has 2 aliphatic rings. The summed E-state index contributed by atoms with van der Waals surface area (Å²) < 4.78 is 42.5. The Morgan fingerprint density at radius 1 is 1.25 bits per heavy atom. The van der Waals surface area contributed by atoms with Crippen LogP contribution in [-0.2, 0) is 24.3 Å².